The molecule has 0 bridgehead atoms. The van der Waals surface area contributed by atoms with E-state index in [9.17, 15) is 19.5 Å². The van der Waals surface area contributed by atoms with Crippen molar-refractivity contribution in [3.05, 3.63) is 92.9 Å². The van der Waals surface area contributed by atoms with Crippen LogP contribution in [0.1, 0.15) is 42.9 Å². The maximum atomic E-state index is 12.9. The fourth-order valence-corrected chi connectivity index (χ4v) is 5.14. The van der Waals surface area contributed by atoms with E-state index >= 15 is 0 Å². The van der Waals surface area contributed by atoms with Crippen LogP contribution in [0.15, 0.2) is 71.2 Å². The van der Waals surface area contributed by atoms with Crippen LogP contribution in [0.4, 0.5) is 0 Å². The minimum atomic E-state index is -0.944. The summed E-state index contributed by atoms with van der Waals surface area (Å²) in [6, 6.07) is 14.9. The van der Waals surface area contributed by atoms with E-state index in [2.05, 4.69) is 0 Å². The number of piperidine rings is 1. The number of benzene rings is 2. The van der Waals surface area contributed by atoms with Gasteiger partial charge in [-0.25, -0.2) is 0 Å². The molecule has 2 aromatic rings. The number of Topliss-reactive ketones (excluding diaryl/α,β-unsaturated/α-hetero) is 2. The summed E-state index contributed by atoms with van der Waals surface area (Å²) in [5, 5.41) is 11.7. The number of carbonyl (C=O) groups excluding carboxylic acids is 3. The number of ether oxygens (including phenoxy) is 2. The second-order valence-electron chi connectivity index (χ2n) is 9.74. The Labute approximate surface area is 227 Å². The maximum absolute atomic E-state index is 12.9. The summed E-state index contributed by atoms with van der Waals surface area (Å²) in [6.07, 6.45) is 2.22. The fraction of sp³-hybridized carbons (Fsp3) is 0.367. The number of methoxy groups -OCH3 is 2. The molecule has 4 rings (SSSR count). The molecule has 1 fully saturated rings. The van der Waals surface area contributed by atoms with Crippen LogP contribution < -0.4 is 0 Å². The van der Waals surface area contributed by atoms with Crippen LogP contribution >= 0.6 is 11.6 Å². The molecular weight excluding hydrogens is 506 g/mol. The number of rotatable bonds is 8. The van der Waals surface area contributed by atoms with Gasteiger partial charge in [-0.3, -0.25) is 14.4 Å². The highest BCUT2D eigenvalue weighted by molar-refractivity contribution is 6.30. The number of likely N-dealkylation sites (tertiary alicyclic amines) is 1. The second kappa shape index (κ2) is 11.5. The molecule has 8 heteroatoms. The molecule has 1 aliphatic heterocycles. The average Bonchev–Trinajstić information content (AvgIpc) is 2.93. The zero-order valence-electron chi connectivity index (χ0n) is 21.9. The molecule has 7 nitrogen and oxygen atoms in total. The summed E-state index contributed by atoms with van der Waals surface area (Å²) in [6.45, 7) is 2.62. The minimum absolute atomic E-state index is 0.0622. The number of hydrogen-bond donors (Lipinski definition) is 1. The molecule has 38 heavy (non-hydrogen) atoms. The molecule has 1 aliphatic carbocycles. The van der Waals surface area contributed by atoms with Gasteiger partial charge in [0.15, 0.2) is 0 Å². The second-order valence-corrected chi connectivity index (χ2v) is 10.2. The van der Waals surface area contributed by atoms with E-state index in [-0.39, 0.29) is 29.0 Å². The van der Waals surface area contributed by atoms with Crippen LogP contribution in [-0.2, 0) is 42.3 Å². The van der Waals surface area contributed by atoms with Crippen LogP contribution in [0.5, 0.6) is 0 Å². The molecule has 2 aliphatic rings. The lowest BCUT2D eigenvalue weighted by atomic mass is 9.84. The normalized spacial score (nSPS) is 17.7. The molecule has 0 spiro atoms. The predicted molar refractivity (Wildman–Crippen MR) is 143 cm³/mol. The quantitative estimate of drug-likeness (QED) is 0.505. The third kappa shape index (κ3) is 5.69. The third-order valence-electron chi connectivity index (χ3n) is 7.45. The van der Waals surface area contributed by atoms with Gasteiger partial charge in [0.25, 0.3) is 0 Å². The van der Waals surface area contributed by atoms with Crippen molar-refractivity contribution >= 4 is 29.1 Å². The first-order chi connectivity index (χ1) is 18.2. The molecule has 1 heterocycles. The number of hydrogen-bond acceptors (Lipinski definition) is 6. The zero-order valence-corrected chi connectivity index (χ0v) is 22.6. The van der Waals surface area contributed by atoms with E-state index in [0.29, 0.717) is 61.4 Å². The molecule has 200 valence electrons. The Kier molecular flexibility index (Phi) is 8.38. The van der Waals surface area contributed by atoms with Crippen molar-refractivity contribution in [2.45, 2.75) is 44.6 Å². The summed E-state index contributed by atoms with van der Waals surface area (Å²) in [5.41, 5.74) is 2.51. The first kappa shape index (κ1) is 27.6. The van der Waals surface area contributed by atoms with Gasteiger partial charge in [-0.1, -0.05) is 48.0 Å². The third-order valence-corrected chi connectivity index (χ3v) is 7.70. The van der Waals surface area contributed by atoms with Crippen molar-refractivity contribution in [3.8, 4) is 0 Å². The topological polar surface area (TPSA) is 93.1 Å². The maximum Gasteiger partial charge on any atom is 0.228 e. The van der Waals surface area contributed by atoms with E-state index in [4.69, 9.17) is 21.1 Å². The number of aryl methyl sites for hydroxylation is 1. The number of amides is 1. The summed E-state index contributed by atoms with van der Waals surface area (Å²) >= 11 is 5.96. The first-order valence-corrected chi connectivity index (χ1v) is 13.0. The monoisotopic (exact) mass is 537 g/mol. The number of allylic oxidation sites excluding steroid dienone is 2. The largest absolute Gasteiger partial charge is 0.489 e. The summed E-state index contributed by atoms with van der Waals surface area (Å²) in [7, 11) is 2.69. The van der Waals surface area contributed by atoms with Gasteiger partial charge in [-0.05, 0) is 55.0 Å². The molecule has 0 aromatic heterocycles. The molecule has 2 aromatic carbocycles. The number of carbonyl (C=O) groups is 3. The summed E-state index contributed by atoms with van der Waals surface area (Å²) in [5.74, 6) is -0.772. The minimum Gasteiger partial charge on any atom is -0.489 e. The van der Waals surface area contributed by atoms with E-state index in [1.165, 1.54) is 14.2 Å². The van der Waals surface area contributed by atoms with Gasteiger partial charge >= 0.3 is 0 Å². The lowest BCUT2D eigenvalue weighted by molar-refractivity contribution is -0.135. The van der Waals surface area contributed by atoms with Crippen molar-refractivity contribution in [1.82, 2.24) is 4.90 Å². The number of aliphatic hydroxyl groups is 1. The van der Waals surface area contributed by atoms with Gasteiger partial charge in [-0.2, -0.15) is 0 Å². The molecule has 0 saturated carbocycles. The predicted octanol–water partition coefficient (Wildman–Crippen LogP) is 4.30. The molecule has 0 radical (unpaired) electrons. The highest BCUT2D eigenvalue weighted by Crippen LogP contribution is 2.34. The highest BCUT2D eigenvalue weighted by Gasteiger charge is 2.36. The van der Waals surface area contributed by atoms with Crippen molar-refractivity contribution in [1.29, 1.82) is 0 Å². The first-order valence-electron chi connectivity index (χ1n) is 12.6. The van der Waals surface area contributed by atoms with Crippen LogP contribution in [0.2, 0.25) is 5.02 Å². The van der Waals surface area contributed by atoms with Gasteiger partial charge in [-0.15, -0.1) is 0 Å². The van der Waals surface area contributed by atoms with E-state index in [0.717, 1.165) is 16.7 Å². The van der Waals surface area contributed by atoms with Gasteiger partial charge in [0.1, 0.15) is 0 Å². The van der Waals surface area contributed by atoms with E-state index in [1.807, 2.05) is 41.3 Å². The highest BCUT2D eigenvalue weighted by atomic mass is 35.5. The van der Waals surface area contributed by atoms with Crippen molar-refractivity contribution in [2.24, 2.45) is 0 Å². The molecule has 0 atom stereocenters. The number of halogens is 1. The van der Waals surface area contributed by atoms with Gasteiger partial charge in [0, 0.05) is 42.1 Å². The Morgan fingerprint density at radius 3 is 2.05 bits per heavy atom. The zero-order chi connectivity index (χ0) is 27.4. The van der Waals surface area contributed by atoms with Crippen molar-refractivity contribution in [2.75, 3.05) is 27.3 Å². The van der Waals surface area contributed by atoms with E-state index in [1.54, 1.807) is 19.1 Å². The SMILES string of the molecule is COC1=C(OC)C(=O)C(Cc2ccc(CCC(=O)N3CCC(O)(c4ccc(Cl)cc4)CC3)cc2)=C(C)C1=O. The molecule has 0 unspecified atom stereocenters. The Bertz CT molecular complexity index is 1290. The van der Waals surface area contributed by atoms with Gasteiger partial charge < -0.3 is 19.5 Å². The summed E-state index contributed by atoms with van der Waals surface area (Å²) in [4.78, 5) is 40.1. The lowest BCUT2D eigenvalue weighted by Gasteiger charge is -2.38. The van der Waals surface area contributed by atoms with Crippen molar-refractivity contribution < 1.29 is 29.0 Å². The molecular formula is C30H32ClNO6. The van der Waals surface area contributed by atoms with Crippen LogP contribution in [0.3, 0.4) is 0 Å². The Morgan fingerprint density at radius 1 is 0.921 bits per heavy atom. The lowest BCUT2D eigenvalue weighted by Crippen LogP contribution is -2.45. The summed E-state index contributed by atoms with van der Waals surface area (Å²) < 4.78 is 10.2. The smallest absolute Gasteiger partial charge is 0.228 e. The molecule has 1 N–H and O–H groups in total. The van der Waals surface area contributed by atoms with Crippen molar-refractivity contribution in [3.63, 3.8) is 0 Å². The number of nitrogens with zero attached hydrogens (tertiary/aromatic N) is 1. The Morgan fingerprint density at radius 2 is 1.47 bits per heavy atom. The van der Waals surface area contributed by atoms with Crippen LogP contribution in [0, 0.1) is 0 Å². The fourth-order valence-electron chi connectivity index (χ4n) is 5.02. The Hall–Kier alpha value is -3.42. The molecule has 1 saturated heterocycles. The van der Waals surface area contributed by atoms with E-state index < -0.39 is 5.60 Å². The van der Waals surface area contributed by atoms with Crippen LogP contribution in [0.25, 0.3) is 0 Å². The standard InChI is InChI=1S/C30H32ClNO6/c1-19-24(27(35)29(38-3)28(37-2)26(19)34)18-21-6-4-20(5-7-21)8-13-25(33)32-16-14-30(36,15-17-32)22-9-11-23(31)12-10-22/h4-7,9-12,36H,8,13-18H2,1-3H3. The Balaban J connectivity index is 1.31. The average molecular weight is 538 g/mol. The van der Waals surface area contributed by atoms with Gasteiger partial charge in [0.05, 0.1) is 19.8 Å². The number of ketones is 2. The molecule has 1 amide bonds. The van der Waals surface area contributed by atoms with Gasteiger partial charge in [0.2, 0.25) is 29.0 Å². The van der Waals surface area contributed by atoms with Crippen LogP contribution in [-0.4, -0.2) is 54.8 Å².